The molecular formula is C22H25N3O4. The maximum atomic E-state index is 12.3. The monoisotopic (exact) mass is 395 g/mol. The molecule has 2 aliphatic heterocycles. The molecular weight excluding hydrogens is 370 g/mol. The van der Waals surface area contributed by atoms with Gasteiger partial charge in [-0.3, -0.25) is 14.5 Å². The first-order valence-corrected chi connectivity index (χ1v) is 9.93. The van der Waals surface area contributed by atoms with E-state index in [9.17, 15) is 9.59 Å². The summed E-state index contributed by atoms with van der Waals surface area (Å²) < 4.78 is 10.5. The lowest BCUT2D eigenvalue weighted by atomic mass is 10.1. The van der Waals surface area contributed by atoms with Crippen LogP contribution in [0.1, 0.15) is 34.3 Å². The zero-order valence-corrected chi connectivity index (χ0v) is 16.3. The molecule has 2 aromatic carbocycles. The lowest BCUT2D eigenvalue weighted by Crippen LogP contribution is -2.36. The van der Waals surface area contributed by atoms with Crippen LogP contribution >= 0.6 is 0 Å². The van der Waals surface area contributed by atoms with Gasteiger partial charge in [0.2, 0.25) is 12.7 Å². The standard InChI is InChI=1S/C22H25N3O4/c26-21(13-24-22(27)16-7-8-19-20(11-16)29-15-28-19)23-12-17-5-1-2-6-18(17)14-25-9-3-4-10-25/h1-2,5-8,11H,3-4,9-10,12-15H2,(H,23,26)(H,24,27). The Balaban J connectivity index is 1.26. The molecule has 2 heterocycles. The molecule has 2 aromatic rings. The van der Waals surface area contributed by atoms with Gasteiger partial charge in [-0.2, -0.15) is 0 Å². The second kappa shape index (κ2) is 8.96. The highest BCUT2D eigenvalue weighted by Gasteiger charge is 2.17. The van der Waals surface area contributed by atoms with Crippen molar-refractivity contribution in [3.63, 3.8) is 0 Å². The van der Waals surface area contributed by atoms with Crippen LogP contribution in [0.3, 0.4) is 0 Å². The van der Waals surface area contributed by atoms with Crippen molar-refractivity contribution in [2.45, 2.75) is 25.9 Å². The van der Waals surface area contributed by atoms with Crippen molar-refractivity contribution in [2.24, 2.45) is 0 Å². The van der Waals surface area contributed by atoms with Crippen molar-refractivity contribution in [2.75, 3.05) is 26.4 Å². The van der Waals surface area contributed by atoms with Crippen LogP contribution in [0, 0.1) is 0 Å². The van der Waals surface area contributed by atoms with E-state index in [1.807, 2.05) is 18.2 Å². The maximum Gasteiger partial charge on any atom is 0.251 e. The minimum Gasteiger partial charge on any atom is -0.454 e. The van der Waals surface area contributed by atoms with Crippen LogP contribution in [-0.2, 0) is 17.9 Å². The average Bonchev–Trinajstić information content (AvgIpc) is 3.42. The van der Waals surface area contributed by atoms with Gasteiger partial charge in [-0.25, -0.2) is 0 Å². The zero-order valence-electron chi connectivity index (χ0n) is 16.3. The first-order chi connectivity index (χ1) is 14.2. The normalized spacial score (nSPS) is 15.3. The number of hydrogen-bond acceptors (Lipinski definition) is 5. The number of amides is 2. The second-order valence-corrected chi connectivity index (χ2v) is 7.28. The highest BCUT2D eigenvalue weighted by Crippen LogP contribution is 2.32. The van der Waals surface area contributed by atoms with Crippen LogP contribution in [0.15, 0.2) is 42.5 Å². The number of ether oxygens (including phenoxy) is 2. The van der Waals surface area contributed by atoms with Crippen LogP contribution in [0.2, 0.25) is 0 Å². The molecule has 152 valence electrons. The highest BCUT2D eigenvalue weighted by molar-refractivity contribution is 5.97. The Kier molecular flexibility index (Phi) is 5.95. The molecule has 4 rings (SSSR count). The van der Waals surface area contributed by atoms with Gasteiger partial charge in [-0.05, 0) is 55.3 Å². The van der Waals surface area contributed by atoms with Crippen molar-refractivity contribution in [1.29, 1.82) is 0 Å². The van der Waals surface area contributed by atoms with Crippen molar-refractivity contribution >= 4 is 11.8 Å². The summed E-state index contributed by atoms with van der Waals surface area (Å²) in [7, 11) is 0. The van der Waals surface area contributed by atoms with E-state index in [1.54, 1.807) is 18.2 Å². The Hall–Kier alpha value is -3.06. The molecule has 0 saturated carbocycles. The largest absolute Gasteiger partial charge is 0.454 e. The van der Waals surface area contributed by atoms with E-state index < -0.39 is 0 Å². The quantitative estimate of drug-likeness (QED) is 0.750. The number of fused-ring (bicyclic) bond motifs is 1. The number of carbonyl (C=O) groups is 2. The average molecular weight is 395 g/mol. The summed E-state index contributed by atoms with van der Waals surface area (Å²) in [5.74, 6) is 0.603. The maximum absolute atomic E-state index is 12.3. The number of nitrogens with zero attached hydrogens (tertiary/aromatic N) is 1. The van der Waals surface area contributed by atoms with Gasteiger partial charge in [0.15, 0.2) is 11.5 Å². The predicted molar refractivity (Wildman–Crippen MR) is 108 cm³/mol. The summed E-state index contributed by atoms with van der Waals surface area (Å²) >= 11 is 0. The van der Waals surface area contributed by atoms with Crippen molar-refractivity contribution in [3.05, 3.63) is 59.2 Å². The first-order valence-electron chi connectivity index (χ1n) is 9.93. The van der Waals surface area contributed by atoms with E-state index in [0.717, 1.165) is 25.2 Å². The molecule has 0 spiro atoms. The molecule has 0 aliphatic carbocycles. The molecule has 0 radical (unpaired) electrons. The summed E-state index contributed by atoms with van der Waals surface area (Å²) in [6.07, 6.45) is 2.50. The van der Waals surface area contributed by atoms with Gasteiger partial charge in [0.1, 0.15) is 0 Å². The number of rotatable bonds is 7. The third-order valence-corrected chi connectivity index (χ3v) is 5.23. The number of likely N-dealkylation sites (tertiary alicyclic amines) is 1. The molecule has 0 unspecified atom stereocenters. The van der Waals surface area contributed by atoms with Gasteiger partial charge in [-0.15, -0.1) is 0 Å². The van der Waals surface area contributed by atoms with Crippen LogP contribution in [0.25, 0.3) is 0 Å². The number of carbonyl (C=O) groups excluding carboxylic acids is 2. The molecule has 2 aliphatic rings. The fourth-order valence-electron chi connectivity index (χ4n) is 3.62. The van der Waals surface area contributed by atoms with Gasteiger partial charge in [0, 0.05) is 18.7 Å². The highest BCUT2D eigenvalue weighted by atomic mass is 16.7. The van der Waals surface area contributed by atoms with Crippen LogP contribution < -0.4 is 20.1 Å². The van der Waals surface area contributed by atoms with E-state index in [1.165, 1.54) is 18.4 Å². The molecule has 2 N–H and O–H groups in total. The van der Waals surface area contributed by atoms with E-state index in [2.05, 4.69) is 21.6 Å². The lowest BCUT2D eigenvalue weighted by molar-refractivity contribution is -0.120. The Morgan fingerprint density at radius 3 is 2.52 bits per heavy atom. The van der Waals surface area contributed by atoms with Crippen molar-refractivity contribution in [3.8, 4) is 11.5 Å². The zero-order chi connectivity index (χ0) is 20.1. The summed E-state index contributed by atoms with van der Waals surface area (Å²) in [5.41, 5.74) is 2.77. The third kappa shape index (κ3) is 4.86. The molecule has 0 atom stereocenters. The molecule has 2 amide bonds. The predicted octanol–water partition coefficient (Wildman–Crippen LogP) is 2.06. The van der Waals surface area contributed by atoms with Gasteiger partial charge >= 0.3 is 0 Å². The molecule has 7 heteroatoms. The summed E-state index contributed by atoms with van der Waals surface area (Å²) in [5, 5.41) is 5.54. The Labute approximate surface area is 170 Å². The lowest BCUT2D eigenvalue weighted by Gasteiger charge is -2.17. The van der Waals surface area contributed by atoms with Crippen molar-refractivity contribution < 1.29 is 19.1 Å². The molecule has 7 nitrogen and oxygen atoms in total. The van der Waals surface area contributed by atoms with E-state index in [-0.39, 0.29) is 25.2 Å². The summed E-state index contributed by atoms with van der Waals surface area (Å²) in [6, 6.07) is 13.1. The van der Waals surface area contributed by atoms with E-state index >= 15 is 0 Å². The minimum absolute atomic E-state index is 0.0818. The second-order valence-electron chi connectivity index (χ2n) is 7.28. The Morgan fingerprint density at radius 2 is 1.69 bits per heavy atom. The summed E-state index contributed by atoms with van der Waals surface area (Å²) in [4.78, 5) is 26.9. The third-order valence-electron chi connectivity index (χ3n) is 5.23. The van der Waals surface area contributed by atoms with Crippen LogP contribution in [0.4, 0.5) is 0 Å². The topological polar surface area (TPSA) is 79.9 Å². The fourth-order valence-corrected chi connectivity index (χ4v) is 3.62. The molecule has 29 heavy (non-hydrogen) atoms. The molecule has 1 saturated heterocycles. The SMILES string of the molecule is O=C(CNC(=O)c1ccc2c(c1)OCO2)NCc1ccccc1CN1CCCC1. The number of hydrogen-bond donors (Lipinski definition) is 2. The van der Waals surface area contributed by atoms with Gasteiger partial charge in [0.05, 0.1) is 6.54 Å². The molecule has 0 bridgehead atoms. The minimum atomic E-state index is -0.326. The van der Waals surface area contributed by atoms with Crippen LogP contribution in [-0.4, -0.2) is 43.1 Å². The van der Waals surface area contributed by atoms with Gasteiger partial charge in [0.25, 0.3) is 5.91 Å². The van der Waals surface area contributed by atoms with Gasteiger partial charge < -0.3 is 20.1 Å². The Bertz CT molecular complexity index is 893. The molecule has 0 aromatic heterocycles. The smallest absolute Gasteiger partial charge is 0.251 e. The molecule has 1 fully saturated rings. The van der Waals surface area contributed by atoms with Gasteiger partial charge in [-0.1, -0.05) is 24.3 Å². The van der Waals surface area contributed by atoms with Crippen LogP contribution in [0.5, 0.6) is 11.5 Å². The van der Waals surface area contributed by atoms with Crippen molar-refractivity contribution in [1.82, 2.24) is 15.5 Å². The number of benzene rings is 2. The fraction of sp³-hybridized carbons (Fsp3) is 0.364. The summed E-state index contributed by atoms with van der Waals surface area (Å²) in [6.45, 7) is 3.69. The Morgan fingerprint density at radius 1 is 0.931 bits per heavy atom. The number of nitrogens with one attached hydrogen (secondary N) is 2. The van der Waals surface area contributed by atoms with E-state index in [4.69, 9.17) is 9.47 Å². The first kappa shape index (κ1) is 19.3. The van der Waals surface area contributed by atoms with E-state index in [0.29, 0.717) is 23.6 Å².